The molecule has 0 heterocycles. The van der Waals surface area contributed by atoms with Crippen LogP contribution in [0.4, 0.5) is 0 Å². The second-order valence-corrected chi connectivity index (χ2v) is 5.52. The summed E-state index contributed by atoms with van der Waals surface area (Å²) in [6.45, 7) is 4.15. The van der Waals surface area contributed by atoms with Gasteiger partial charge >= 0.3 is 0 Å². The Morgan fingerprint density at radius 1 is 1.04 bits per heavy atom. The number of carbonyl (C=O) groups is 1. The lowest BCUT2D eigenvalue weighted by Gasteiger charge is -2.17. The zero-order valence-corrected chi connectivity index (χ0v) is 14.5. The van der Waals surface area contributed by atoms with Gasteiger partial charge in [-0.3, -0.25) is 4.79 Å². The molecule has 0 unspecified atom stereocenters. The fourth-order valence-electron chi connectivity index (χ4n) is 2.32. The Labute approximate surface area is 142 Å². The van der Waals surface area contributed by atoms with Gasteiger partial charge in [0, 0.05) is 5.56 Å². The van der Waals surface area contributed by atoms with E-state index in [1.807, 2.05) is 44.2 Å². The fraction of sp³-hybridized carbons (Fsp3) is 0.316. The Bertz CT molecular complexity index is 700. The van der Waals surface area contributed by atoms with Crippen molar-refractivity contribution in [2.75, 3.05) is 20.8 Å². The van der Waals surface area contributed by atoms with Crippen LogP contribution in [0, 0.1) is 6.92 Å². The molecule has 1 amide bonds. The van der Waals surface area contributed by atoms with Crippen LogP contribution in [-0.4, -0.2) is 32.8 Å². The summed E-state index contributed by atoms with van der Waals surface area (Å²) >= 11 is 0. The van der Waals surface area contributed by atoms with Gasteiger partial charge in [0.2, 0.25) is 0 Å². The standard InChI is InChI=1S/C19H23NO4/c1-13-11-15(9-10-16(13)22-3)19(21)20-14(2)12-24-18-8-6-5-7-17(18)23-4/h5-11,14H,12H2,1-4H3,(H,20,21)/t14-/m0/s1. The zero-order valence-electron chi connectivity index (χ0n) is 14.5. The number of hydrogen-bond donors (Lipinski definition) is 1. The Hall–Kier alpha value is -2.69. The van der Waals surface area contributed by atoms with Crippen molar-refractivity contribution in [2.45, 2.75) is 19.9 Å². The molecule has 0 radical (unpaired) electrons. The number of methoxy groups -OCH3 is 2. The van der Waals surface area contributed by atoms with Crippen LogP contribution in [0.2, 0.25) is 0 Å². The van der Waals surface area contributed by atoms with Crippen LogP contribution in [0.3, 0.4) is 0 Å². The summed E-state index contributed by atoms with van der Waals surface area (Å²) in [6.07, 6.45) is 0. The summed E-state index contributed by atoms with van der Waals surface area (Å²) in [7, 11) is 3.21. The summed E-state index contributed by atoms with van der Waals surface area (Å²) < 4.78 is 16.2. The van der Waals surface area contributed by atoms with E-state index in [1.54, 1.807) is 26.4 Å². The van der Waals surface area contributed by atoms with Crippen LogP contribution in [0.25, 0.3) is 0 Å². The molecule has 0 fully saturated rings. The van der Waals surface area contributed by atoms with Crippen molar-refractivity contribution in [1.29, 1.82) is 0 Å². The molecule has 2 rings (SSSR count). The molecule has 0 bridgehead atoms. The molecule has 5 nitrogen and oxygen atoms in total. The Balaban J connectivity index is 1.93. The number of para-hydroxylation sites is 2. The van der Waals surface area contributed by atoms with Crippen LogP contribution >= 0.6 is 0 Å². The highest BCUT2D eigenvalue weighted by Gasteiger charge is 2.12. The van der Waals surface area contributed by atoms with Crippen molar-refractivity contribution in [1.82, 2.24) is 5.32 Å². The molecule has 0 saturated carbocycles. The fourth-order valence-corrected chi connectivity index (χ4v) is 2.32. The summed E-state index contributed by atoms with van der Waals surface area (Å²) in [6, 6.07) is 12.6. The maximum Gasteiger partial charge on any atom is 0.251 e. The minimum absolute atomic E-state index is 0.142. The Morgan fingerprint density at radius 3 is 2.33 bits per heavy atom. The van der Waals surface area contributed by atoms with E-state index in [0.29, 0.717) is 23.7 Å². The van der Waals surface area contributed by atoms with Gasteiger partial charge in [0.15, 0.2) is 11.5 Å². The van der Waals surface area contributed by atoms with E-state index in [9.17, 15) is 4.79 Å². The molecule has 5 heteroatoms. The van der Waals surface area contributed by atoms with Crippen molar-refractivity contribution in [2.24, 2.45) is 0 Å². The molecule has 1 N–H and O–H groups in total. The molecule has 24 heavy (non-hydrogen) atoms. The van der Waals surface area contributed by atoms with Crippen LogP contribution in [0.1, 0.15) is 22.8 Å². The molecule has 0 aromatic heterocycles. The van der Waals surface area contributed by atoms with E-state index in [0.717, 1.165) is 11.3 Å². The zero-order chi connectivity index (χ0) is 17.5. The number of rotatable bonds is 7. The van der Waals surface area contributed by atoms with Crippen molar-refractivity contribution in [3.63, 3.8) is 0 Å². The SMILES string of the molecule is COc1ccc(C(=O)N[C@@H](C)COc2ccccc2OC)cc1C. The van der Waals surface area contributed by atoms with Crippen molar-refractivity contribution >= 4 is 5.91 Å². The molecule has 0 aliphatic rings. The van der Waals surface area contributed by atoms with Crippen molar-refractivity contribution in [3.8, 4) is 17.2 Å². The molecule has 2 aromatic carbocycles. The van der Waals surface area contributed by atoms with E-state index in [4.69, 9.17) is 14.2 Å². The van der Waals surface area contributed by atoms with Crippen molar-refractivity contribution < 1.29 is 19.0 Å². The number of hydrogen-bond acceptors (Lipinski definition) is 4. The molecule has 0 saturated heterocycles. The predicted octanol–water partition coefficient (Wildman–Crippen LogP) is 3.21. The van der Waals surface area contributed by atoms with Gasteiger partial charge < -0.3 is 19.5 Å². The molecular weight excluding hydrogens is 306 g/mol. The topological polar surface area (TPSA) is 56.8 Å². The van der Waals surface area contributed by atoms with Gasteiger partial charge in [0.25, 0.3) is 5.91 Å². The number of nitrogens with one attached hydrogen (secondary N) is 1. The highest BCUT2D eigenvalue weighted by atomic mass is 16.5. The Morgan fingerprint density at radius 2 is 1.71 bits per heavy atom. The lowest BCUT2D eigenvalue weighted by atomic mass is 10.1. The summed E-state index contributed by atoms with van der Waals surface area (Å²) in [5.41, 5.74) is 1.51. The minimum atomic E-state index is -0.148. The number of amides is 1. The smallest absolute Gasteiger partial charge is 0.251 e. The van der Waals surface area contributed by atoms with Crippen LogP contribution in [0.5, 0.6) is 17.2 Å². The third kappa shape index (κ3) is 4.41. The van der Waals surface area contributed by atoms with Gasteiger partial charge in [-0.25, -0.2) is 0 Å². The second-order valence-electron chi connectivity index (χ2n) is 5.52. The highest BCUT2D eigenvalue weighted by molar-refractivity contribution is 5.94. The summed E-state index contributed by atoms with van der Waals surface area (Å²) in [4.78, 5) is 12.3. The summed E-state index contributed by atoms with van der Waals surface area (Å²) in [5.74, 6) is 1.94. The van der Waals surface area contributed by atoms with Gasteiger partial charge in [0.05, 0.1) is 20.3 Å². The molecule has 1 atom stereocenters. The third-order valence-electron chi connectivity index (χ3n) is 3.59. The van der Waals surface area contributed by atoms with Gasteiger partial charge in [-0.1, -0.05) is 12.1 Å². The van der Waals surface area contributed by atoms with Gasteiger partial charge in [-0.05, 0) is 49.7 Å². The first-order valence-electron chi connectivity index (χ1n) is 7.76. The quantitative estimate of drug-likeness (QED) is 0.847. The average molecular weight is 329 g/mol. The first kappa shape index (κ1) is 17.7. The number of aryl methyl sites for hydroxylation is 1. The van der Waals surface area contributed by atoms with E-state index < -0.39 is 0 Å². The number of carbonyl (C=O) groups excluding carboxylic acids is 1. The minimum Gasteiger partial charge on any atom is -0.496 e. The summed E-state index contributed by atoms with van der Waals surface area (Å²) in [5, 5.41) is 2.92. The molecule has 0 spiro atoms. The lowest BCUT2D eigenvalue weighted by Crippen LogP contribution is -2.36. The molecule has 2 aromatic rings. The van der Waals surface area contributed by atoms with E-state index >= 15 is 0 Å². The largest absolute Gasteiger partial charge is 0.496 e. The molecular formula is C19H23NO4. The normalized spacial score (nSPS) is 11.5. The van der Waals surface area contributed by atoms with Gasteiger partial charge in [0.1, 0.15) is 12.4 Å². The van der Waals surface area contributed by atoms with E-state index in [1.165, 1.54) is 0 Å². The molecule has 0 aliphatic heterocycles. The third-order valence-corrected chi connectivity index (χ3v) is 3.59. The highest BCUT2D eigenvalue weighted by Crippen LogP contribution is 2.25. The monoisotopic (exact) mass is 329 g/mol. The van der Waals surface area contributed by atoms with E-state index in [2.05, 4.69) is 5.32 Å². The van der Waals surface area contributed by atoms with Crippen molar-refractivity contribution in [3.05, 3.63) is 53.6 Å². The first-order valence-corrected chi connectivity index (χ1v) is 7.76. The molecule has 128 valence electrons. The number of benzene rings is 2. The van der Waals surface area contributed by atoms with Gasteiger partial charge in [-0.2, -0.15) is 0 Å². The molecule has 0 aliphatic carbocycles. The Kier molecular flexibility index (Phi) is 6.07. The predicted molar refractivity (Wildman–Crippen MR) is 93.1 cm³/mol. The average Bonchev–Trinajstić information content (AvgIpc) is 2.60. The first-order chi connectivity index (χ1) is 11.5. The lowest BCUT2D eigenvalue weighted by molar-refractivity contribution is 0.0926. The maximum absolute atomic E-state index is 12.3. The van der Waals surface area contributed by atoms with Crippen LogP contribution < -0.4 is 19.5 Å². The second kappa shape index (κ2) is 8.24. The number of ether oxygens (including phenoxy) is 3. The van der Waals surface area contributed by atoms with Crippen LogP contribution in [0.15, 0.2) is 42.5 Å². The van der Waals surface area contributed by atoms with E-state index in [-0.39, 0.29) is 11.9 Å². The van der Waals surface area contributed by atoms with Crippen LogP contribution in [-0.2, 0) is 0 Å². The maximum atomic E-state index is 12.3. The van der Waals surface area contributed by atoms with Gasteiger partial charge in [-0.15, -0.1) is 0 Å².